The van der Waals surface area contributed by atoms with E-state index in [1.807, 2.05) is 20.8 Å². The molecule has 0 saturated heterocycles. The van der Waals surface area contributed by atoms with E-state index in [-0.39, 0.29) is 18.0 Å². The number of aliphatic carboxylic acids is 1. The molecule has 1 unspecified atom stereocenters. The number of amides is 2. The molecular weight excluding hydrogens is 250 g/mol. The minimum Gasteiger partial charge on any atom is -0.480 e. The number of carbonyl (C=O) groups excluding carboxylic acids is 2. The molecule has 0 aliphatic carbocycles. The van der Waals surface area contributed by atoms with Gasteiger partial charge in [0.2, 0.25) is 11.8 Å². The Kier molecular flexibility index (Phi) is 6.47. The molecule has 0 radical (unpaired) electrons. The van der Waals surface area contributed by atoms with E-state index in [0.29, 0.717) is 0 Å². The summed E-state index contributed by atoms with van der Waals surface area (Å²) in [6.07, 6.45) is 0.736. The Hall–Kier alpha value is -1.63. The van der Waals surface area contributed by atoms with E-state index < -0.39 is 24.5 Å². The summed E-state index contributed by atoms with van der Waals surface area (Å²) in [6, 6.07) is -0.741. The molecular formula is C12H23N3O4. The first-order chi connectivity index (χ1) is 8.59. The molecule has 0 aliphatic rings. The van der Waals surface area contributed by atoms with Gasteiger partial charge in [-0.25, -0.2) is 0 Å². The van der Waals surface area contributed by atoms with Crippen molar-refractivity contribution in [3.63, 3.8) is 0 Å². The van der Waals surface area contributed by atoms with Gasteiger partial charge in [-0.15, -0.1) is 0 Å². The van der Waals surface area contributed by atoms with E-state index in [0.717, 1.165) is 6.42 Å². The normalized spacial score (nSPS) is 13.1. The van der Waals surface area contributed by atoms with Gasteiger partial charge < -0.3 is 16.2 Å². The van der Waals surface area contributed by atoms with E-state index >= 15 is 0 Å². The first-order valence-electron chi connectivity index (χ1n) is 6.15. The molecule has 4 N–H and O–H groups in total. The molecule has 0 aliphatic heterocycles. The number of hydrogen-bond acceptors (Lipinski definition) is 4. The molecule has 2 amide bonds. The van der Waals surface area contributed by atoms with Crippen LogP contribution in [0.2, 0.25) is 0 Å². The molecule has 0 aromatic heterocycles. The summed E-state index contributed by atoms with van der Waals surface area (Å²) in [5.41, 5.74) is 4.67. The lowest BCUT2D eigenvalue weighted by Crippen LogP contribution is -2.54. The van der Waals surface area contributed by atoms with E-state index in [1.54, 1.807) is 6.92 Å². The van der Waals surface area contributed by atoms with Gasteiger partial charge in [0.1, 0.15) is 0 Å². The van der Waals surface area contributed by atoms with E-state index in [2.05, 4.69) is 5.32 Å². The van der Waals surface area contributed by atoms with Crippen molar-refractivity contribution in [2.24, 2.45) is 5.73 Å². The fourth-order valence-electron chi connectivity index (χ4n) is 1.40. The smallest absolute Gasteiger partial charge is 0.317 e. The van der Waals surface area contributed by atoms with E-state index in [4.69, 9.17) is 10.8 Å². The van der Waals surface area contributed by atoms with Crippen LogP contribution in [0.15, 0.2) is 0 Å². The van der Waals surface area contributed by atoms with Gasteiger partial charge in [-0.05, 0) is 27.2 Å². The minimum atomic E-state index is -1.12. The third-order valence-electron chi connectivity index (χ3n) is 2.97. The number of hydrogen-bond donors (Lipinski definition) is 3. The zero-order valence-corrected chi connectivity index (χ0v) is 11.9. The molecule has 7 nitrogen and oxygen atoms in total. The van der Waals surface area contributed by atoms with Crippen molar-refractivity contribution in [2.75, 3.05) is 13.1 Å². The average Bonchev–Trinajstić information content (AvgIpc) is 2.25. The Bertz CT molecular complexity index is 339. The zero-order chi connectivity index (χ0) is 15.2. The Labute approximate surface area is 113 Å². The highest BCUT2D eigenvalue weighted by Crippen LogP contribution is 2.09. The Balaban J connectivity index is 4.78. The van der Waals surface area contributed by atoms with Crippen molar-refractivity contribution in [3.8, 4) is 0 Å². The minimum absolute atomic E-state index is 0.270. The van der Waals surface area contributed by atoms with Crippen LogP contribution < -0.4 is 11.1 Å². The Morgan fingerprint density at radius 1 is 1.32 bits per heavy atom. The average molecular weight is 273 g/mol. The fourth-order valence-corrected chi connectivity index (χ4v) is 1.40. The van der Waals surface area contributed by atoms with E-state index in [9.17, 15) is 14.4 Å². The molecule has 0 aromatic rings. The maximum absolute atomic E-state index is 12.0. The molecule has 19 heavy (non-hydrogen) atoms. The van der Waals surface area contributed by atoms with Crippen molar-refractivity contribution in [1.82, 2.24) is 10.2 Å². The summed E-state index contributed by atoms with van der Waals surface area (Å²) in [6.45, 7) is 6.54. The number of primary amides is 1. The van der Waals surface area contributed by atoms with Gasteiger partial charge in [-0.3, -0.25) is 19.3 Å². The van der Waals surface area contributed by atoms with Crippen molar-refractivity contribution < 1.29 is 19.5 Å². The number of rotatable bonds is 8. The molecule has 0 spiro atoms. The van der Waals surface area contributed by atoms with Crippen molar-refractivity contribution >= 4 is 17.8 Å². The molecule has 7 heteroatoms. The number of nitrogens with zero attached hydrogens (tertiary/aromatic N) is 1. The molecule has 0 saturated carbocycles. The molecule has 0 aromatic carbocycles. The largest absolute Gasteiger partial charge is 0.480 e. The predicted molar refractivity (Wildman–Crippen MR) is 70.4 cm³/mol. The van der Waals surface area contributed by atoms with Crippen LogP contribution in [0.5, 0.6) is 0 Å². The molecule has 0 heterocycles. The third kappa shape index (κ3) is 6.76. The van der Waals surface area contributed by atoms with Gasteiger partial charge in [0.05, 0.1) is 19.1 Å². The summed E-state index contributed by atoms with van der Waals surface area (Å²) < 4.78 is 0. The van der Waals surface area contributed by atoms with Crippen molar-refractivity contribution in [2.45, 2.75) is 45.7 Å². The van der Waals surface area contributed by atoms with Crippen LogP contribution in [-0.2, 0) is 14.4 Å². The third-order valence-corrected chi connectivity index (χ3v) is 2.97. The van der Waals surface area contributed by atoms with Crippen LogP contribution in [0.25, 0.3) is 0 Å². The van der Waals surface area contributed by atoms with Crippen LogP contribution in [0.1, 0.15) is 34.1 Å². The highest BCUT2D eigenvalue weighted by molar-refractivity contribution is 5.84. The van der Waals surface area contributed by atoms with Crippen LogP contribution in [-0.4, -0.2) is 52.5 Å². The maximum atomic E-state index is 12.0. The number of carboxylic acid groups (broad SMARTS) is 1. The second-order valence-corrected chi connectivity index (χ2v) is 5.17. The number of carboxylic acids is 1. The summed E-state index contributed by atoms with van der Waals surface area (Å²) in [5, 5.41) is 11.6. The van der Waals surface area contributed by atoms with Crippen LogP contribution in [0, 0.1) is 0 Å². The highest BCUT2D eigenvalue weighted by atomic mass is 16.4. The zero-order valence-electron chi connectivity index (χ0n) is 11.9. The van der Waals surface area contributed by atoms with Gasteiger partial charge in [0.25, 0.3) is 0 Å². The first-order valence-corrected chi connectivity index (χ1v) is 6.15. The molecule has 110 valence electrons. The van der Waals surface area contributed by atoms with Crippen molar-refractivity contribution in [3.05, 3.63) is 0 Å². The summed E-state index contributed by atoms with van der Waals surface area (Å²) >= 11 is 0. The number of carbonyl (C=O) groups is 3. The maximum Gasteiger partial charge on any atom is 0.317 e. The second-order valence-electron chi connectivity index (χ2n) is 5.17. The summed E-state index contributed by atoms with van der Waals surface area (Å²) in [4.78, 5) is 34.9. The lowest BCUT2D eigenvalue weighted by atomic mass is 10.0. The number of nitrogens with one attached hydrogen (secondary N) is 1. The van der Waals surface area contributed by atoms with Gasteiger partial charge in [0.15, 0.2) is 0 Å². The van der Waals surface area contributed by atoms with Gasteiger partial charge in [0, 0.05) is 5.54 Å². The topological polar surface area (TPSA) is 113 Å². The summed E-state index contributed by atoms with van der Waals surface area (Å²) in [5.74, 6) is -2.11. The van der Waals surface area contributed by atoms with Gasteiger partial charge in [-0.1, -0.05) is 6.92 Å². The van der Waals surface area contributed by atoms with Crippen LogP contribution in [0.3, 0.4) is 0 Å². The monoisotopic (exact) mass is 273 g/mol. The Morgan fingerprint density at radius 3 is 2.21 bits per heavy atom. The predicted octanol–water partition coefficient (Wildman–Crippen LogP) is -0.448. The van der Waals surface area contributed by atoms with Crippen LogP contribution in [0.4, 0.5) is 0 Å². The van der Waals surface area contributed by atoms with E-state index in [1.165, 1.54) is 4.90 Å². The standard InChI is InChI=1S/C12H23N3O4/c1-5-12(3,4)14-11(19)8(2)15(6-9(13)16)7-10(17)18/h8H,5-7H2,1-4H3,(H2,13,16)(H,14,19)(H,17,18). The Morgan fingerprint density at radius 2 is 1.84 bits per heavy atom. The van der Waals surface area contributed by atoms with Crippen molar-refractivity contribution in [1.29, 1.82) is 0 Å². The number of nitrogens with two attached hydrogens (primary N) is 1. The summed E-state index contributed by atoms with van der Waals surface area (Å²) in [7, 11) is 0. The lowest BCUT2D eigenvalue weighted by molar-refractivity contribution is -0.140. The molecule has 1 atom stereocenters. The van der Waals surface area contributed by atoms with Gasteiger partial charge >= 0.3 is 5.97 Å². The quantitative estimate of drug-likeness (QED) is 0.554. The fraction of sp³-hybridized carbons (Fsp3) is 0.750. The van der Waals surface area contributed by atoms with Gasteiger partial charge in [-0.2, -0.15) is 0 Å². The molecule has 0 fully saturated rings. The SMILES string of the molecule is CCC(C)(C)NC(=O)C(C)N(CC(N)=O)CC(=O)O. The lowest BCUT2D eigenvalue weighted by Gasteiger charge is -2.30. The highest BCUT2D eigenvalue weighted by Gasteiger charge is 2.28. The second kappa shape index (κ2) is 7.08. The van der Waals surface area contributed by atoms with Crippen LogP contribution >= 0.6 is 0 Å². The molecule has 0 bridgehead atoms. The molecule has 0 rings (SSSR count). The first kappa shape index (κ1) is 17.4.